The summed E-state index contributed by atoms with van der Waals surface area (Å²) in [5, 5.41) is 6.45. The zero-order chi connectivity index (χ0) is 14.3. The first-order valence-corrected chi connectivity index (χ1v) is 6.26. The molecule has 106 valence electrons. The van der Waals surface area contributed by atoms with Crippen LogP contribution >= 0.6 is 0 Å². The fourth-order valence-corrected chi connectivity index (χ4v) is 1.63. The third-order valence-corrected chi connectivity index (χ3v) is 2.64. The lowest BCUT2D eigenvalue weighted by atomic mass is 10.3. The maximum Gasteiger partial charge on any atom is 0.241 e. The predicted octanol–water partition coefficient (Wildman–Crippen LogP) is -0.765. The molecule has 0 radical (unpaired) electrons. The summed E-state index contributed by atoms with van der Waals surface area (Å²) in [6.45, 7) is 5.58. The molecule has 1 aromatic rings. The molecule has 3 N–H and O–H groups in total. The van der Waals surface area contributed by atoms with Crippen LogP contribution in [0, 0.1) is 0 Å². The van der Waals surface area contributed by atoms with Crippen molar-refractivity contribution in [2.45, 2.75) is 26.8 Å². The van der Waals surface area contributed by atoms with Crippen molar-refractivity contribution in [2.24, 2.45) is 0 Å². The van der Waals surface area contributed by atoms with Gasteiger partial charge in [0.05, 0.1) is 0 Å². The number of rotatable bonds is 7. The van der Waals surface area contributed by atoms with Crippen molar-refractivity contribution >= 4 is 17.8 Å². The quantitative estimate of drug-likeness (QED) is 0.675. The Kier molecular flexibility index (Phi) is 5.77. The van der Waals surface area contributed by atoms with E-state index in [1.165, 1.54) is 11.0 Å². The van der Waals surface area contributed by atoms with Gasteiger partial charge in [-0.25, -0.2) is 9.67 Å². The van der Waals surface area contributed by atoms with Crippen molar-refractivity contribution in [1.29, 1.82) is 0 Å². The van der Waals surface area contributed by atoms with Gasteiger partial charge in [-0.05, 0) is 13.8 Å². The molecule has 0 aliphatic heterocycles. The lowest BCUT2D eigenvalue weighted by molar-refractivity contribution is -0.130. The molecule has 0 aliphatic rings. The van der Waals surface area contributed by atoms with Crippen LogP contribution in [-0.4, -0.2) is 51.1 Å². The Bertz CT molecular complexity index is 427. The van der Waals surface area contributed by atoms with Crippen LogP contribution in [-0.2, 0) is 16.1 Å². The van der Waals surface area contributed by atoms with Crippen LogP contribution in [0.1, 0.15) is 20.3 Å². The zero-order valence-corrected chi connectivity index (χ0v) is 11.3. The number of amides is 2. The molecule has 19 heavy (non-hydrogen) atoms. The van der Waals surface area contributed by atoms with Gasteiger partial charge in [-0.1, -0.05) is 0 Å². The first kappa shape index (κ1) is 14.9. The smallest absolute Gasteiger partial charge is 0.241 e. The average molecular weight is 268 g/mol. The minimum Gasteiger partial charge on any atom is -0.367 e. The molecule has 0 spiro atoms. The van der Waals surface area contributed by atoms with Gasteiger partial charge in [0.1, 0.15) is 12.9 Å². The molecule has 1 rings (SSSR count). The third kappa shape index (κ3) is 4.94. The highest BCUT2D eigenvalue weighted by molar-refractivity contribution is 5.78. The van der Waals surface area contributed by atoms with Crippen LogP contribution in [0.5, 0.6) is 0 Å². The van der Waals surface area contributed by atoms with E-state index in [1.54, 1.807) is 4.90 Å². The Hall–Kier alpha value is -2.12. The van der Waals surface area contributed by atoms with Gasteiger partial charge in [0.2, 0.25) is 17.8 Å². The van der Waals surface area contributed by atoms with E-state index in [0.717, 1.165) is 0 Å². The second-order valence-electron chi connectivity index (χ2n) is 3.97. The summed E-state index contributed by atoms with van der Waals surface area (Å²) in [5.74, 6) is -0.0583. The average Bonchev–Trinajstić information content (AvgIpc) is 2.76. The number of hydrogen-bond donors (Lipinski definition) is 2. The molecule has 1 aromatic heterocycles. The van der Waals surface area contributed by atoms with Gasteiger partial charge in [0.25, 0.3) is 0 Å². The van der Waals surface area contributed by atoms with Gasteiger partial charge >= 0.3 is 0 Å². The fraction of sp³-hybridized carbons (Fsp3) is 0.636. The van der Waals surface area contributed by atoms with E-state index in [-0.39, 0.29) is 24.3 Å². The minimum absolute atomic E-state index is 0.0373. The number of carbonyl (C=O) groups excluding carboxylic acids is 2. The van der Waals surface area contributed by atoms with Crippen LogP contribution in [0.3, 0.4) is 0 Å². The summed E-state index contributed by atoms with van der Waals surface area (Å²) in [5.41, 5.74) is 5.33. The molecule has 8 heteroatoms. The fourth-order valence-electron chi connectivity index (χ4n) is 1.63. The number of nitrogen functional groups attached to an aromatic ring is 1. The first-order valence-electron chi connectivity index (χ1n) is 6.26. The number of hydrogen-bond acceptors (Lipinski definition) is 5. The largest absolute Gasteiger partial charge is 0.367 e. The van der Waals surface area contributed by atoms with Crippen LogP contribution in [0.2, 0.25) is 0 Å². The molecule has 0 aliphatic carbocycles. The van der Waals surface area contributed by atoms with Crippen LogP contribution in [0.4, 0.5) is 5.95 Å². The van der Waals surface area contributed by atoms with Crippen molar-refractivity contribution < 1.29 is 9.59 Å². The molecule has 8 nitrogen and oxygen atoms in total. The number of nitrogens with two attached hydrogens (primary N) is 1. The summed E-state index contributed by atoms with van der Waals surface area (Å²) in [6.07, 6.45) is 1.68. The Morgan fingerprint density at radius 3 is 2.63 bits per heavy atom. The molecule has 0 bridgehead atoms. The van der Waals surface area contributed by atoms with E-state index in [0.29, 0.717) is 26.1 Å². The molecule has 0 atom stereocenters. The number of aromatic nitrogens is 3. The van der Waals surface area contributed by atoms with Gasteiger partial charge in [-0.2, -0.15) is 0 Å². The zero-order valence-electron chi connectivity index (χ0n) is 11.3. The van der Waals surface area contributed by atoms with Crippen LogP contribution in [0.15, 0.2) is 6.33 Å². The lowest BCUT2D eigenvalue weighted by Crippen LogP contribution is -2.35. The first-order chi connectivity index (χ1) is 9.06. The molecular weight excluding hydrogens is 248 g/mol. The van der Waals surface area contributed by atoms with E-state index in [4.69, 9.17) is 5.73 Å². The number of nitrogens with zero attached hydrogens (tertiary/aromatic N) is 4. The summed E-state index contributed by atoms with van der Waals surface area (Å²) in [7, 11) is 0. The van der Waals surface area contributed by atoms with Crippen molar-refractivity contribution in [3.8, 4) is 0 Å². The van der Waals surface area contributed by atoms with Crippen molar-refractivity contribution in [3.05, 3.63) is 6.33 Å². The molecule has 0 saturated heterocycles. The van der Waals surface area contributed by atoms with Gasteiger partial charge in [-0.3, -0.25) is 9.59 Å². The number of carbonyl (C=O) groups is 2. The summed E-state index contributed by atoms with van der Waals surface area (Å²) < 4.78 is 1.34. The van der Waals surface area contributed by atoms with Crippen molar-refractivity contribution in [1.82, 2.24) is 25.0 Å². The van der Waals surface area contributed by atoms with Gasteiger partial charge in [-0.15, -0.1) is 5.10 Å². The molecule has 2 amide bonds. The van der Waals surface area contributed by atoms with E-state index in [2.05, 4.69) is 15.4 Å². The maximum atomic E-state index is 11.7. The standard InChI is InChI=1S/C11H20N6O2/c1-3-16(4-2)10(19)5-6-13-9(18)7-17-8-14-11(12)15-17/h8H,3-7H2,1-2H3,(H2,12,15)(H,13,18). The minimum atomic E-state index is -0.225. The Balaban J connectivity index is 2.25. The topological polar surface area (TPSA) is 106 Å². The van der Waals surface area contributed by atoms with Gasteiger partial charge in [0, 0.05) is 26.1 Å². The van der Waals surface area contributed by atoms with E-state index in [1.807, 2.05) is 13.8 Å². The normalized spacial score (nSPS) is 10.2. The predicted molar refractivity (Wildman–Crippen MR) is 70.0 cm³/mol. The van der Waals surface area contributed by atoms with E-state index >= 15 is 0 Å². The molecule has 1 heterocycles. The summed E-state index contributed by atoms with van der Waals surface area (Å²) >= 11 is 0. The highest BCUT2D eigenvalue weighted by atomic mass is 16.2. The molecule has 0 saturated carbocycles. The Morgan fingerprint density at radius 1 is 1.42 bits per heavy atom. The van der Waals surface area contributed by atoms with Crippen LogP contribution < -0.4 is 11.1 Å². The molecule has 0 fully saturated rings. The van der Waals surface area contributed by atoms with Crippen molar-refractivity contribution in [2.75, 3.05) is 25.4 Å². The third-order valence-electron chi connectivity index (χ3n) is 2.64. The Morgan fingerprint density at radius 2 is 2.11 bits per heavy atom. The number of nitrogens with one attached hydrogen (secondary N) is 1. The number of anilines is 1. The SMILES string of the molecule is CCN(CC)C(=O)CCNC(=O)Cn1cnc(N)n1. The van der Waals surface area contributed by atoms with Crippen molar-refractivity contribution in [3.63, 3.8) is 0 Å². The monoisotopic (exact) mass is 268 g/mol. The molecule has 0 unspecified atom stereocenters. The second-order valence-corrected chi connectivity index (χ2v) is 3.97. The molecule has 0 aromatic carbocycles. The Labute approximate surface area is 112 Å². The van der Waals surface area contributed by atoms with Crippen LogP contribution in [0.25, 0.3) is 0 Å². The lowest BCUT2D eigenvalue weighted by Gasteiger charge is -2.18. The summed E-state index contributed by atoms with van der Waals surface area (Å²) in [4.78, 5) is 28.7. The highest BCUT2D eigenvalue weighted by Gasteiger charge is 2.10. The molecular formula is C11H20N6O2. The second kappa shape index (κ2) is 7.34. The van der Waals surface area contributed by atoms with E-state index in [9.17, 15) is 9.59 Å². The summed E-state index contributed by atoms with van der Waals surface area (Å²) in [6, 6.07) is 0. The van der Waals surface area contributed by atoms with Gasteiger partial charge < -0.3 is 16.0 Å². The highest BCUT2D eigenvalue weighted by Crippen LogP contribution is 1.93. The maximum absolute atomic E-state index is 11.7. The van der Waals surface area contributed by atoms with E-state index < -0.39 is 0 Å². The van der Waals surface area contributed by atoms with Gasteiger partial charge in [0.15, 0.2) is 0 Å².